The lowest BCUT2D eigenvalue weighted by Crippen LogP contribution is -2.15. The Morgan fingerprint density at radius 1 is 1.09 bits per heavy atom. The van der Waals surface area contributed by atoms with E-state index in [2.05, 4.69) is 28.8 Å². The molecule has 0 amide bonds. The Bertz CT molecular complexity index is 878. The minimum atomic E-state index is 0.261. The number of aryl methyl sites for hydroxylation is 1. The zero-order chi connectivity index (χ0) is 15.8. The van der Waals surface area contributed by atoms with Crippen LogP contribution in [-0.4, -0.2) is 17.5 Å². The van der Waals surface area contributed by atoms with Gasteiger partial charge in [-0.1, -0.05) is 30.3 Å². The predicted molar refractivity (Wildman–Crippen MR) is 91.3 cm³/mol. The first-order chi connectivity index (χ1) is 11.3. The summed E-state index contributed by atoms with van der Waals surface area (Å²) < 4.78 is 7.55. The number of carbonyl (C=O) groups excluding carboxylic acids is 1. The standard InChI is InChI=1S/C20H19NO2/c1-23-15-10-11-18-17(12-15)16-8-5-9-19(22)20(16)21(18)13-14-6-3-2-4-7-14/h2-4,6-7,10-12H,5,8-9,13H2,1H3. The quantitative estimate of drug-likeness (QED) is 0.725. The van der Waals surface area contributed by atoms with Crippen molar-refractivity contribution < 1.29 is 9.53 Å². The van der Waals surface area contributed by atoms with Crippen molar-refractivity contribution in [3.63, 3.8) is 0 Å². The third kappa shape index (κ3) is 2.33. The van der Waals surface area contributed by atoms with E-state index < -0.39 is 0 Å². The highest BCUT2D eigenvalue weighted by atomic mass is 16.5. The van der Waals surface area contributed by atoms with Crippen LogP contribution in [0.25, 0.3) is 10.9 Å². The molecule has 1 heterocycles. The number of carbonyl (C=O) groups is 1. The first-order valence-electron chi connectivity index (χ1n) is 8.04. The normalized spacial score (nSPS) is 14.0. The Labute approximate surface area is 135 Å². The van der Waals surface area contributed by atoms with Crippen LogP contribution in [0, 0.1) is 0 Å². The molecule has 23 heavy (non-hydrogen) atoms. The maximum atomic E-state index is 12.6. The van der Waals surface area contributed by atoms with Gasteiger partial charge in [0.15, 0.2) is 5.78 Å². The van der Waals surface area contributed by atoms with Crippen molar-refractivity contribution in [2.45, 2.75) is 25.8 Å². The van der Waals surface area contributed by atoms with Gasteiger partial charge in [-0.3, -0.25) is 4.79 Å². The molecule has 0 fully saturated rings. The summed E-state index contributed by atoms with van der Waals surface area (Å²) in [6.45, 7) is 0.727. The van der Waals surface area contributed by atoms with Crippen LogP contribution in [0.5, 0.6) is 5.75 Å². The molecule has 0 atom stereocenters. The van der Waals surface area contributed by atoms with Gasteiger partial charge in [-0.05, 0) is 42.2 Å². The number of aromatic nitrogens is 1. The van der Waals surface area contributed by atoms with E-state index in [0.29, 0.717) is 6.42 Å². The average molecular weight is 305 g/mol. The second kappa shape index (κ2) is 5.58. The van der Waals surface area contributed by atoms with Crippen LogP contribution in [0.4, 0.5) is 0 Å². The van der Waals surface area contributed by atoms with Crippen LogP contribution in [0.15, 0.2) is 48.5 Å². The minimum absolute atomic E-state index is 0.261. The number of ketones is 1. The number of benzene rings is 2. The van der Waals surface area contributed by atoms with Crippen LogP contribution in [0.2, 0.25) is 0 Å². The SMILES string of the molecule is COc1ccc2c(c1)c1c(n2Cc2ccccc2)C(=O)CCC1. The third-order valence-electron chi connectivity index (χ3n) is 4.65. The zero-order valence-corrected chi connectivity index (χ0v) is 13.2. The summed E-state index contributed by atoms with van der Waals surface area (Å²) in [5.41, 5.74) is 4.41. The Balaban J connectivity index is 1.94. The fraction of sp³-hybridized carbons (Fsp3) is 0.250. The summed E-state index contributed by atoms with van der Waals surface area (Å²) in [6.07, 6.45) is 2.55. The van der Waals surface area contributed by atoms with Crippen LogP contribution in [0.1, 0.15) is 34.5 Å². The van der Waals surface area contributed by atoms with E-state index in [1.54, 1.807) is 7.11 Å². The largest absolute Gasteiger partial charge is 0.497 e. The summed E-state index contributed by atoms with van der Waals surface area (Å²) >= 11 is 0. The molecule has 2 aromatic carbocycles. The Morgan fingerprint density at radius 3 is 2.70 bits per heavy atom. The van der Waals surface area contributed by atoms with Gasteiger partial charge >= 0.3 is 0 Å². The topological polar surface area (TPSA) is 31.2 Å². The molecule has 1 aliphatic carbocycles. The molecule has 0 bridgehead atoms. The van der Waals surface area contributed by atoms with Crippen molar-refractivity contribution in [1.29, 1.82) is 0 Å². The molecular weight excluding hydrogens is 286 g/mol. The fourth-order valence-electron chi connectivity index (χ4n) is 3.58. The van der Waals surface area contributed by atoms with Crippen molar-refractivity contribution in [2.75, 3.05) is 7.11 Å². The molecule has 3 aromatic rings. The van der Waals surface area contributed by atoms with E-state index in [1.165, 1.54) is 11.1 Å². The van der Waals surface area contributed by atoms with Gasteiger partial charge in [0, 0.05) is 23.9 Å². The van der Waals surface area contributed by atoms with Crippen molar-refractivity contribution >= 4 is 16.7 Å². The lowest BCUT2D eigenvalue weighted by molar-refractivity contribution is 0.0964. The molecule has 0 spiro atoms. The van der Waals surface area contributed by atoms with Crippen LogP contribution < -0.4 is 4.74 Å². The van der Waals surface area contributed by atoms with Gasteiger partial charge < -0.3 is 9.30 Å². The molecule has 3 nitrogen and oxygen atoms in total. The fourth-order valence-corrected chi connectivity index (χ4v) is 3.58. The highest BCUT2D eigenvalue weighted by Gasteiger charge is 2.26. The van der Waals surface area contributed by atoms with Gasteiger partial charge in [-0.15, -0.1) is 0 Å². The molecule has 0 saturated heterocycles. The second-order valence-corrected chi connectivity index (χ2v) is 6.06. The van der Waals surface area contributed by atoms with Crippen molar-refractivity contribution in [3.8, 4) is 5.75 Å². The summed E-state index contributed by atoms with van der Waals surface area (Å²) in [5.74, 6) is 1.10. The molecular formula is C20H19NO2. The van der Waals surface area contributed by atoms with Gasteiger partial charge in [-0.2, -0.15) is 0 Å². The van der Waals surface area contributed by atoms with Crippen LogP contribution >= 0.6 is 0 Å². The van der Waals surface area contributed by atoms with Gasteiger partial charge in [0.2, 0.25) is 0 Å². The van der Waals surface area contributed by atoms with Crippen molar-refractivity contribution in [2.24, 2.45) is 0 Å². The molecule has 0 N–H and O–H groups in total. The number of fused-ring (bicyclic) bond motifs is 3. The number of hydrogen-bond acceptors (Lipinski definition) is 2. The lowest BCUT2D eigenvalue weighted by atomic mass is 9.94. The van der Waals surface area contributed by atoms with Crippen molar-refractivity contribution in [3.05, 3.63) is 65.4 Å². The molecule has 1 aliphatic rings. The Hall–Kier alpha value is -2.55. The zero-order valence-electron chi connectivity index (χ0n) is 13.2. The van der Waals surface area contributed by atoms with Gasteiger partial charge in [0.05, 0.1) is 12.8 Å². The number of hydrogen-bond donors (Lipinski definition) is 0. The maximum Gasteiger partial charge on any atom is 0.179 e. The van der Waals surface area contributed by atoms with Crippen molar-refractivity contribution in [1.82, 2.24) is 4.57 Å². The van der Waals surface area contributed by atoms with E-state index in [-0.39, 0.29) is 5.78 Å². The molecule has 1 aromatic heterocycles. The summed E-state index contributed by atoms with van der Waals surface area (Å²) in [4.78, 5) is 12.6. The predicted octanol–water partition coefficient (Wildman–Crippen LogP) is 4.22. The van der Waals surface area contributed by atoms with Crippen LogP contribution in [-0.2, 0) is 13.0 Å². The van der Waals surface area contributed by atoms with E-state index in [1.807, 2.05) is 24.3 Å². The monoisotopic (exact) mass is 305 g/mol. The van der Waals surface area contributed by atoms with E-state index in [9.17, 15) is 4.79 Å². The first kappa shape index (κ1) is 14.1. The number of methoxy groups -OCH3 is 1. The average Bonchev–Trinajstić information content (AvgIpc) is 2.90. The number of rotatable bonds is 3. The molecule has 0 saturated carbocycles. The minimum Gasteiger partial charge on any atom is -0.497 e. The Kier molecular flexibility index (Phi) is 3.41. The van der Waals surface area contributed by atoms with E-state index >= 15 is 0 Å². The van der Waals surface area contributed by atoms with E-state index in [0.717, 1.165) is 41.7 Å². The summed E-state index contributed by atoms with van der Waals surface area (Å²) in [5, 5.41) is 1.16. The van der Waals surface area contributed by atoms with E-state index in [4.69, 9.17) is 4.74 Å². The molecule has 0 unspecified atom stereocenters. The lowest BCUT2D eigenvalue weighted by Gasteiger charge is -2.15. The number of Topliss-reactive ketones (excluding diaryl/α,β-unsaturated/α-hetero) is 1. The number of nitrogens with zero attached hydrogens (tertiary/aromatic N) is 1. The smallest absolute Gasteiger partial charge is 0.179 e. The highest BCUT2D eigenvalue weighted by molar-refractivity contribution is 6.04. The molecule has 0 aliphatic heterocycles. The molecule has 3 heteroatoms. The Morgan fingerprint density at radius 2 is 1.91 bits per heavy atom. The first-order valence-corrected chi connectivity index (χ1v) is 8.04. The molecule has 4 rings (SSSR count). The van der Waals surface area contributed by atoms with Gasteiger partial charge in [0.25, 0.3) is 0 Å². The van der Waals surface area contributed by atoms with Gasteiger partial charge in [0.1, 0.15) is 5.75 Å². The third-order valence-corrected chi connectivity index (χ3v) is 4.65. The van der Waals surface area contributed by atoms with Gasteiger partial charge in [-0.25, -0.2) is 0 Å². The highest BCUT2D eigenvalue weighted by Crippen LogP contribution is 2.34. The molecule has 116 valence electrons. The van der Waals surface area contributed by atoms with Crippen LogP contribution in [0.3, 0.4) is 0 Å². The summed E-state index contributed by atoms with van der Waals surface area (Å²) in [6, 6.07) is 16.4. The number of ether oxygens (including phenoxy) is 1. The second-order valence-electron chi connectivity index (χ2n) is 6.06. The summed E-state index contributed by atoms with van der Waals surface area (Å²) in [7, 11) is 1.68. The maximum absolute atomic E-state index is 12.6. The molecule has 0 radical (unpaired) electrons.